The highest BCUT2D eigenvalue weighted by molar-refractivity contribution is 7.89. The van der Waals surface area contributed by atoms with Gasteiger partial charge in [-0.2, -0.15) is 0 Å². The number of fused-ring (bicyclic) bond motifs is 1. The van der Waals surface area contributed by atoms with Crippen molar-refractivity contribution in [3.05, 3.63) is 65.7 Å². The summed E-state index contributed by atoms with van der Waals surface area (Å²) in [7, 11) is -0.687. The van der Waals surface area contributed by atoms with E-state index in [0.29, 0.717) is 11.4 Å². The lowest BCUT2D eigenvalue weighted by Gasteiger charge is -2.14. The maximum Gasteiger partial charge on any atom is 0.251 e. The van der Waals surface area contributed by atoms with Crippen molar-refractivity contribution in [3.8, 4) is 0 Å². The molecule has 0 radical (unpaired) electrons. The fourth-order valence-corrected chi connectivity index (χ4v) is 3.75. The van der Waals surface area contributed by atoms with Gasteiger partial charge in [0.1, 0.15) is 5.82 Å². The summed E-state index contributed by atoms with van der Waals surface area (Å²) in [6.07, 6.45) is 3.60. The molecule has 0 fully saturated rings. The van der Waals surface area contributed by atoms with Gasteiger partial charge in [-0.25, -0.2) is 17.7 Å². The first kappa shape index (κ1) is 18.1. The molecule has 0 aliphatic heterocycles. The molecule has 1 N–H and O–H groups in total. The summed E-state index contributed by atoms with van der Waals surface area (Å²) in [5.74, 6) is 0.343. The summed E-state index contributed by atoms with van der Waals surface area (Å²) in [5.41, 5.74) is 1.82. The number of nitrogens with zero attached hydrogens (tertiary/aromatic N) is 3. The van der Waals surface area contributed by atoms with Crippen LogP contribution in [0, 0.1) is 6.92 Å². The van der Waals surface area contributed by atoms with Crippen LogP contribution in [0.1, 0.15) is 21.7 Å². The molecule has 8 heteroatoms. The molecule has 2 aromatic heterocycles. The fourth-order valence-electron chi connectivity index (χ4n) is 2.61. The zero-order valence-corrected chi connectivity index (χ0v) is 15.6. The van der Waals surface area contributed by atoms with Gasteiger partial charge in [-0.3, -0.25) is 4.79 Å². The Morgan fingerprint density at radius 3 is 2.73 bits per heavy atom. The average Bonchev–Trinajstić information content (AvgIpc) is 3.03. The second-order valence-corrected chi connectivity index (χ2v) is 8.24. The Balaban J connectivity index is 1.82. The number of pyridine rings is 1. The molecule has 3 rings (SSSR count). The molecular formula is C18H20N4O3S. The highest BCUT2D eigenvalue weighted by atomic mass is 32.2. The minimum absolute atomic E-state index is 0.126. The molecule has 0 unspecified atom stereocenters. The second kappa shape index (κ2) is 6.89. The molecule has 1 amide bonds. The maximum atomic E-state index is 12.5. The van der Waals surface area contributed by atoms with E-state index in [0.717, 1.165) is 9.82 Å². The Kier molecular flexibility index (Phi) is 4.80. The van der Waals surface area contributed by atoms with Crippen LogP contribution in [0.5, 0.6) is 0 Å². The number of carbonyl (C=O) groups excluding carboxylic acids is 1. The first-order valence-corrected chi connectivity index (χ1v) is 9.47. The number of aryl methyl sites for hydroxylation is 1. The Labute approximate surface area is 152 Å². The normalized spacial score (nSPS) is 11.8. The van der Waals surface area contributed by atoms with E-state index in [9.17, 15) is 13.2 Å². The summed E-state index contributed by atoms with van der Waals surface area (Å²) in [6.45, 7) is 1.94. The van der Waals surface area contributed by atoms with E-state index in [1.165, 1.54) is 20.2 Å². The third-order valence-corrected chi connectivity index (χ3v) is 6.09. The van der Waals surface area contributed by atoms with Gasteiger partial charge in [-0.05, 0) is 36.8 Å². The number of nitrogens with one attached hydrogen (secondary N) is 1. The molecule has 0 saturated carbocycles. The van der Waals surface area contributed by atoms with Gasteiger partial charge in [-0.1, -0.05) is 12.1 Å². The molecule has 0 aliphatic rings. The van der Waals surface area contributed by atoms with Crippen LogP contribution >= 0.6 is 0 Å². The Morgan fingerprint density at radius 1 is 1.23 bits per heavy atom. The quantitative estimate of drug-likeness (QED) is 0.740. The van der Waals surface area contributed by atoms with Gasteiger partial charge >= 0.3 is 0 Å². The molecular weight excluding hydrogens is 352 g/mol. The predicted molar refractivity (Wildman–Crippen MR) is 98.4 cm³/mol. The molecule has 26 heavy (non-hydrogen) atoms. The Morgan fingerprint density at radius 2 is 2.00 bits per heavy atom. The second-order valence-electron chi connectivity index (χ2n) is 6.12. The van der Waals surface area contributed by atoms with E-state index in [1.54, 1.807) is 25.3 Å². The number of carbonyl (C=O) groups is 1. The van der Waals surface area contributed by atoms with Crippen molar-refractivity contribution in [1.82, 2.24) is 19.0 Å². The van der Waals surface area contributed by atoms with Crippen molar-refractivity contribution in [3.63, 3.8) is 0 Å². The zero-order chi connectivity index (χ0) is 18.9. The summed E-state index contributed by atoms with van der Waals surface area (Å²) in [6, 6.07) is 10.4. The zero-order valence-electron chi connectivity index (χ0n) is 14.8. The molecule has 2 heterocycles. The van der Waals surface area contributed by atoms with Gasteiger partial charge in [-0.15, -0.1) is 0 Å². The van der Waals surface area contributed by atoms with Gasteiger partial charge in [0.15, 0.2) is 0 Å². The van der Waals surface area contributed by atoms with Crippen LogP contribution in [-0.4, -0.2) is 42.1 Å². The number of amides is 1. The third kappa shape index (κ3) is 3.33. The van der Waals surface area contributed by atoms with E-state index in [1.807, 2.05) is 28.8 Å². The van der Waals surface area contributed by atoms with Crippen LogP contribution < -0.4 is 5.32 Å². The first-order chi connectivity index (χ1) is 12.3. The van der Waals surface area contributed by atoms with Gasteiger partial charge in [0.05, 0.1) is 23.2 Å². The lowest BCUT2D eigenvalue weighted by Crippen LogP contribution is -2.26. The van der Waals surface area contributed by atoms with Crippen LogP contribution in [0.3, 0.4) is 0 Å². The van der Waals surface area contributed by atoms with Gasteiger partial charge < -0.3 is 9.72 Å². The van der Waals surface area contributed by atoms with Crippen molar-refractivity contribution < 1.29 is 13.2 Å². The highest BCUT2D eigenvalue weighted by Crippen LogP contribution is 2.20. The number of imidazole rings is 1. The number of rotatable bonds is 5. The fraction of sp³-hybridized carbons (Fsp3) is 0.222. The van der Waals surface area contributed by atoms with Crippen LogP contribution in [0.15, 0.2) is 53.7 Å². The van der Waals surface area contributed by atoms with Crippen molar-refractivity contribution in [1.29, 1.82) is 0 Å². The molecule has 0 aliphatic carbocycles. The molecule has 0 saturated heterocycles. The lowest BCUT2D eigenvalue weighted by molar-refractivity contribution is 0.0949. The molecule has 3 aromatic rings. The highest BCUT2D eigenvalue weighted by Gasteiger charge is 2.21. The monoisotopic (exact) mass is 372 g/mol. The Hall–Kier alpha value is -2.71. The number of hydrogen-bond acceptors (Lipinski definition) is 4. The molecule has 0 spiro atoms. The van der Waals surface area contributed by atoms with Crippen molar-refractivity contribution >= 4 is 21.4 Å². The van der Waals surface area contributed by atoms with Crippen LogP contribution in [0.2, 0.25) is 0 Å². The van der Waals surface area contributed by atoms with E-state index in [4.69, 9.17) is 0 Å². The summed E-state index contributed by atoms with van der Waals surface area (Å²) < 4.78 is 27.8. The van der Waals surface area contributed by atoms with Crippen LogP contribution in [-0.2, 0) is 16.6 Å². The predicted octanol–water partition coefficient (Wildman–Crippen LogP) is 1.82. The SMILES string of the molecule is Cc1ccc(C(=O)NCc2ncc3ccccn23)cc1S(=O)(=O)N(C)C. The summed E-state index contributed by atoms with van der Waals surface area (Å²) >= 11 is 0. The maximum absolute atomic E-state index is 12.5. The van der Waals surface area contributed by atoms with Gasteiger partial charge in [0.2, 0.25) is 10.0 Å². The summed E-state index contributed by atoms with van der Waals surface area (Å²) in [5, 5.41) is 2.79. The third-order valence-electron chi connectivity index (χ3n) is 4.13. The molecule has 0 atom stereocenters. The van der Waals surface area contributed by atoms with Crippen molar-refractivity contribution in [2.45, 2.75) is 18.4 Å². The van der Waals surface area contributed by atoms with Crippen LogP contribution in [0.25, 0.3) is 5.52 Å². The largest absolute Gasteiger partial charge is 0.345 e. The topological polar surface area (TPSA) is 83.8 Å². The lowest BCUT2D eigenvalue weighted by atomic mass is 10.1. The van der Waals surface area contributed by atoms with E-state index < -0.39 is 10.0 Å². The average molecular weight is 372 g/mol. The first-order valence-electron chi connectivity index (χ1n) is 8.03. The number of hydrogen-bond donors (Lipinski definition) is 1. The smallest absolute Gasteiger partial charge is 0.251 e. The number of benzene rings is 1. The molecule has 7 nitrogen and oxygen atoms in total. The number of aromatic nitrogens is 2. The Bertz CT molecular complexity index is 1070. The molecule has 136 valence electrons. The van der Waals surface area contributed by atoms with Gasteiger partial charge in [0.25, 0.3) is 5.91 Å². The summed E-state index contributed by atoms with van der Waals surface area (Å²) in [4.78, 5) is 16.9. The van der Waals surface area contributed by atoms with Crippen LogP contribution in [0.4, 0.5) is 0 Å². The van der Waals surface area contributed by atoms with E-state index in [2.05, 4.69) is 10.3 Å². The van der Waals surface area contributed by atoms with Crippen molar-refractivity contribution in [2.24, 2.45) is 0 Å². The van der Waals surface area contributed by atoms with Gasteiger partial charge in [0, 0.05) is 25.9 Å². The van der Waals surface area contributed by atoms with Crippen molar-refractivity contribution in [2.75, 3.05) is 14.1 Å². The van der Waals surface area contributed by atoms with E-state index in [-0.39, 0.29) is 22.9 Å². The number of sulfonamides is 1. The minimum atomic E-state index is -3.61. The van der Waals surface area contributed by atoms with E-state index >= 15 is 0 Å². The molecule has 0 bridgehead atoms. The molecule has 1 aromatic carbocycles. The standard InChI is InChI=1S/C18H20N4O3S/c1-13-7-8-14(10-16(13)26(24,25)21(2)3)18(23)20-12-17-19-11-15-6-4-5-9-22(15)17/h4-11H,12H2,1-3H3,(H,20,23). The minimum Gasteiger partial charge on any atom is -0.345 e.